The van der Waals surface area contributed by atoms with Gasteiger partial charge in [-0.1, -0.05) is 0 Å². The SMILES string of the molecule is CC(C)(C)c1cccc([O][Ti]([F])=[C](c2ccccc2)c2ccccc2)c1.Cl.Cl. The van der Waals surface area contributed by atoms with Crippen LogP contribution < -0.4 is 3.32 Å². The van der Waals surface area contributed by atoms with E-state index in [1.807, 2.05) is 78.9 Å². The Morgan fingerprint density at radius 1 is 0.750 bits per heavy atom. The second kappa shape index (κ2) is 10.9. The molecular weight excluding hydrogens is 430 g/mol. The van der Waals surface area contributed by atoms with Crippen LogP contribution in [0.15, 0.2) is 84.9 Å². The molecule has 0 aliphatic carbocycles. The van der Waals surface area contributed by atoms with E-state index in [1.54, 1.807) is 0 Å². The smallest absolute Gasteiger partial charge is 0.147 e. The van der Waals surface area contributed by atoms with E-state index in [0.29, 0.717) is 9.56 Å². The average molecular weight is 455 g/mol. The van der Waals surface area contributed by atoms with Crippen LogP contribution in [0.3, 0.4) is 0 Å². The van der Waals surface area contributed by atoms with Gasteiger partial charge in [-0.15, -0.1) is 24.8 Å². The van der Waals surface area contributed by atoms with Gasteiger partial charge in [0.25, 0.3) is 0 Å². The fourth-order valence-electron chi connectivity index (χ4n) is 2.78. The summed E-state index contributed by atoms with van der Waals surface area (Å²) in [5, 5.41) is 0. The molecule has 1 nitrogen and oxygen atoms in total. The second-order valence-corrected chi connectivity index (χ2v) is 9.21. The maximum atomic E-state index is 15.5. The zero-order chi connectivity index (χ0) is 18.6. The number of hydrogen-bond donors (Lipinski definition) is 0. The quantitative estimate of drug-likeness (QED) is 0.390. The van der Waals surface area contributed by atoms with Gasteiger partial charge in [-0.2, -0.15) is 0 Å². The molecule has 0 unspecified atom stereocenters. The Hall–Kier alpha value is -1.45. The third kappa shape index (κ3) is 6.29. The molecule has 0 radical (unpaired) electrons. The zero-order valence-corrected chi connectivity index (χ0v) is 19.4. The Morgan fingerprint density at radius 3 is 1.71 bits per heavy atom. The van der Waals surface area contributed by atoms with Crippen LogP contribution in [0.25, 0.3) is 0 Å². The Labute approximate surface area is 186 Å². The first-order chi connectivity index (χ1) is 12.4. The molecule has 0 heterocycles. The molecule has 0 amide bonds. The minimum absolute atomic E-state index is 0. The summed E-state index contributed by atoms with van der Waals surface area (Å²) in [6.45, 7) is 6.43. The predicted octanol–water partition coefficient (Wildman–Crippen LogP) is 6.89. The van der Waals surface area contributed by atoms with E-state index in [4.69, 9.17) is 3.32 Å². The van der Waals surface area contributed by atoms with Gasteiger partial charge >= 0.3 is 162 Å². The Kier molecular flexibility index (Phi) is 9.59. The third-order valence-corrected chi connectivity index (χ3v) is 6.39. The van der Waals surface area contributed by atoms with Gasteiger partial charge in [-0.25, -0.2) is 0 Å². The largest absolute Gasteiger partial charge is 0.147 e. The van der Waals surface area contributed by atoms with Crippen LogP contribution in [0.4, 0.5) is 3.09 Å². The van der Waals surface area contributed by atoms with Crippen molar-refractivity contribution in [3.63, 3.8) is 0 Å². The minimum Gasteiger partial charge on any atom is -0.147 e. The molecule has 3 rings (SSSR count). The third-order valence-electron chi connectivity index (χ3n) is 4.23. The first kappa shape index (κ1) is 24.6. The molecule has 0 saturated carbocycles. The molecule has 0 saturated heterocycles. The van der Waals surface area contributed by atoms with E-state index in [1.165, 1.54) is 0 Å². The fraction of sp³-hybridized carbons (Fsp3) is 0.174. The number of rotatable bonds is 4. The molecule has 3 aromatic carbocycles. The van der Waals surface area contributed by atoms with Crippen molar-refractivity contribution in [3.05, 3.63) is 102 Å². The molecule has 0 N–H and O–H groups in total. The zero-order valence-electron chi connectivity index (χ0n) is 16.2. The van der Waals surface area contributed by atoms with Gasteiger partial charge in [0, 0.05) is 0 Å². The summed E-state index contributed by atoms with van der Waals surface area (Å²) in [6, 6.07) is 27.2. The van der Waals surface area contributed by atoms with Crippen LogP contribution in [-0.4, -0.2) is 3.81 Å². The van der Waals surface area contributed by atoms with Crippen LogP contribution in [0, 0.1) is 0 Å². The number of hydrogen-bond acceptors (Lipinski definition) is 1. The molecule has 148 valence electrons. The normalized spacial score (nSPS) is 10.3. The molecule has 3 aromatic rings. The maximum Gasteiger partial charge on any atom is -0.147 e. The second-order valence-electron chi connectivity index (χ2n) is 7.26. The predicted molar refractivity (Wildman–Crippen MR) is 117 cm³/mol. The minimum atomic E-state index is -3.47. The molecule has 0 atom stereocenters. The first-order valence-corrected chi connectivity index (χ1v) is 10.7. The van der Waals surface area contributed by atoms with Crippen LogP contribution in [0.2, 0.25) is 0 Å². The van der Waals surface area contributed by atoms with Crippen LogP contribution in [0.1, 0.15) is 37.5 Å². The first-order valence-electron chi connectivity index (χ1n) is 8.74. The van der Waals surface area contributed by atoms with Crippen molar-refractivity contribution < 1.29 is 24.7 Å². The van der Waals surface area contributed by atoms with E-state index in [-0.39, 0.29) is 30.2 Å². The average Bonchev–Trinajstić information content (AvgIpc) is 2.63. The van der Waals surface area contributed by atoms with Gasteiger partial charge in [0.15, 0.2) is 0 Å². The Morgan fingerprint density at radius 2 is 1.25 bits per heavy atom. The molecule has 0 fully saturated rings. The Bertz CT molecular complexity index is 865. The summed E-state index contributed by atoms with van der Waals surface area (Å²) in [4.78, 5) is 0. The summed E-state index contributed by atoms with van der Waals surface area (Å²) in [5.41, 5.74) is 2.93. The molecule has 28 heavy (non-hydrogen) atoms. The molecule has 0 aliphatic rings. The van der Waals surface area contributed by atoms with Crippen molar-refractivity contribution in [1.29, 1.82) is 0 Å². The van der Waals surface area contributed by atoms with Crippen molar-refractivity contribution >= 4 is 28.6 Å². The molecule has 0 aromatic heterocycles. The summed E-state index contributed by atoms with van der Waals surface area (Å²) in [7, 11) is 0. The van der Waals surface area contributed by atoms with Gasteiger partial charge in [0.2, 0.25) is 0 Å². The van der Waals surface area contributed by atoms with E-state index in [9.17, 15) is 0 Å². The fourth-order valence-corrected chi connectivity index (χ4v) is 4.69. The Balaban J connectivity index is 0.00000196. The summed E-state index contributed by atoms with van der Waals surface area (Å²) >= 11 is -3.47. The number of halogens is 3. The molecular formula is C23H25Cl2FOTi. The van der Waals surface area contributed by atoms with Crippen molar-refractivity contribution in [3.8, 4) is 5.75 Å². The monoisotopic (exact) mass is 454 g/mol. The van der Waals surface area contributed by atoms with Gasteiger partial charge in [0.05, 0.1) is 0 Å². The topological polar surface area (TPSA) is 9.23 Å². The van der Waals surface area contributed by atoms with Gasteiger partial charge < -0.3 is 0 Å². The van der Waals surface area contributed by atoms with Crippen molar-refractivity contribution in [1.82, 2.24) is 0 Å². The van der Waals surface area contributed by atoms with Crippen molar-refractivity contribution in [2.75, 3.05) is 0 Å². The van der Waals surface area contributed by atoms with E-state index >= 15 is 3.09 Å². The van der Waals surface area contributed by atoms with E-state index < -0.39 is 18.3 Å². The molecule has 5 heteroatoms. The molecule has 0 aliphatic heterocycles. The summed E-state index contributed by atoms with van der Waals surface area (Å²) in [5.74, 6) is 0.610. The van der Waals surface area contributed by atoms with E-state index in [2.05, 4.69) is 26.8 Å². The number of benzene rings is 3. The standard InChI is InChI=1S/C13H10.C10H14O.2ClH.FH.Ti/c1-3-7-12(8-4-1)11-13-9-5-2-6-10-13;1-10(2,3)8-5-4-6-9(11)7-8;;;;/h1-10H;4-7,11H,1-3H3;3*1H;/q;;;;;+2/p-2. The van der Waals surface area contributed by atoms with Gasteiger partial charge in [0.1, 0.15) is 0 Å². The summed E-state index contributed by atoms with van der Waals surface area (Å²) in [6.07, 6.45) is 0. The maximum absolute atomic E-state index is 15.5. The van der Waals surface area contributed by atoms with Crippen LogP contribution >= 0.6 is 24.8 Å². The van der Waals surface area contributed by atoms with Crippen molar-refractivity contribution in [2.45, 2.75) is 26.2 Å². The van der Waals surface area contributed by atoms with E-state index in [0.717, 1.165) is 16.7 Å². The van der Waals surface area contributed by atoms with Crippen LogP contribution in [-0.2, 0) is 23.7 Å². The van der Waals surface area contributed by atoms with Gasteiger partial charge in [-0.3, -0.25) is 0 Å². The van der Waals surface area contributed by atoms with Gasteiger partial charge in [-0.05, 0) is 0 Å². The molecule has 0 bridgehead atoms. The summed E-state index contributed by atoms with van der Waals surface area (Å²) < 4.78 is 22.0. The molecule has 0 spiro atoms. The van der Waals surface area contributed by atoms with Crippen LogP contribution in [0.5, 0.6) is 5.75 Å². The van der Waals surface area contributed by atoms with Crippen molar-refractivity contribution in [2.24, 2.45) is 0 Å².